The summed E-state index contributed by atoms with van der Waals surface area (Å²) < 4.78 is 2.29. The summed E-state index contributed by atoms with van der Waals surface area (Å²) in [4.78, 5) is 14.7. The van der Waals surface area contributed by atoms with Crippen LogP contribution in [0.3, 0.4) is 0 Å². The van der Waals surface area contributed by atoms with Crippen molar-refractivity contribution in [2.75, 3.05) is 13.1 Å². The van der Waals surface area contributed by atoms with Gasteiger partial charge in [0.25, 0.3) is 0 Å². The van der Waals surface area contributed by atoms with E-state index in [9.17, 15) is 4.79 Å². The number of rotatable bonds is 4. The highest BCUT2D eigenvalue weighted by Crippen LogP contribution is 2.48. The Labute approximate surface area is 144 Å². The second-order valence-electron chi connectivity index (χ2n) is 7.80. The second-order valence-corrected chi connectivity index (χ2v) is 7.80. The van der Waals surface area contributed by atoms with Crippen molar-refractivity contribution in [2.45, 2.75) is 77.3 Å². The number of likely N-dealkylation sites (tertiary alicyclic amines) is 1. The summed E-state index contributed by atoms with van der Waals surface area (Å²) >= 11 is 0. The number of fused-ring (bicyclic) bond motifs is 1. The van der Waals surface area contributed by atoms with Crippen molar-refractivity contribution in [3.8, 4) is 0 Å². The van der Waals surface area contributed by atoms with Gasteiger partial charge in [0.1, 0.15) is 5.82 Å². The summed E-state index contributed by atoms with van der Waals surface area (Å²) in [5, 5.41) is 12.1. The zero-order valence-electron chi connectivity index (χ0n) is 14.8. The fourth-order valence-corrected chi connectivity index (χ4v) is 4.23. The van der Waals surface area contributed by atoms with Crippen LogP contribution in [0.1, 0.15) is 76.0 Å². The number of nitrogens with one attached hydrogen (secondary N) is 1. The maximum Gasteiger partial charge on any atom is 0.318 e. The van der Waals surface area contributed by atoms with Gasteiger partial charge in [-0.05, 0) is 50.4 Å². The third-order valence-electron chi connectivity index (χ3n) is 6.27. The molecule has 1 aliphatic carbocycles. The third-order valence-corrected chi connectivity index (χ3v) is 6.27. The molecule has 24 heavy (non-hydrogen) atoms. The van der Waals surface area contributed by atoms with Gasteiger partial charge < -0.3 is 14.8 Å². The van der Waals surface area contributed by atoms with Crippen LogP contribution in [0.2, 0.25) is 0 Å². The summed E-state index contributed by atoms with van der Waals surface area (Å²) in [6.07, 6.45) is 10.4. The van der Waals surface area contributed by atoms with Crippen LogP contribution in [0.25, 0.3) is 0 Å². The van der Waals surface area contributed by atoms with Gasteiger partial charge in [-0.2, -0.15) is 0 Å². The van der Waals surface area contributed by atoms with E-state index < -0.39 is 0 Å². The molecule has 1 N–H and O–H groups in total. The van der Waals surface area contributed by atoms with Gasteiger partial charge in [0.2, 0.25) is 0 Å². The Hall–Kier alpha value is -1.59. The Bertz CT molecular complexity index is 607. The molecule has 2 aliphatic heterocycles. The minimum atomic E-state index is 0.0863. The molecular weight excluding hydrogens is 302 g/mol. The van der Waals surface area contributed by atoms with Gasteiger partial charge in [-0.15, -0.1) is 10.2 Å². The van der Waals surface area contributed by atoms with Gasteiger partial charge in [-0.3, -0.25) is 0 Å². The first-order chi connectivity index (χ1) is 11.7. The van der Waals surface area contributed by atoms with E-state index >= 15 is 0 Å². The minimum Gasteiger partial charge on any atom is -0.337 e. The number of hydrogen-bond acceptors (Lipinski definition) is 3. The lowest BCUT2D eigenvalue weighted by Gasteiger charge is -2.26. The van der Waals surface area contributed by atoms with Crippen LogP contribution in [-0.2, 0) is 13.0 Å². The summed E-state index contributed by atoms with van der Waals surface area (Å²) in [5.74, 6) is 2.12. The van der Waals surface area contributed by atoms with Gasteiger partial charge in [0.05, 0.1) is 6.04 Å². The number of urea groups is 1. The van der Waals surface area contributed by atoms with Gasteiger partial charge in [0.15, 0.2) is 5.82 Å². The monoisotopic (exact) mass is 331 g/mol. The van der Waals surface area contributed by atoms with Crippen molar-refractivity contribution >= 4 is 6.03 Å². The van der Waals surface area contributed by atoms with Crippen LogP contribution in [-0.4, -0.2) is 38.8 Å². The largest absolute Gasteiger partial charge is 0.337 e. The fourth-order valence-electron chi connectivity index (χ4n) is 4.23. The normalized spacial score (nSPS) is 25.2. The van der Waals surface area contributed by atoms with Crippen molar-refractivity contribution in [1.82, 2.24) is 25.0 Å². The molecule has 0 unspecified atom stereocenters. The molecule has 1 saturated heterocycles. The molecule has 2 fully saturated rings. The summed E-state index contributed by atoms with van der Waals surface area (Å²) in [7, 11) is 0. The summed E-state index contributed by atoms with van der Waals surface area (Å²) in [6, 6.07) is 0.185. The van der Waals surface area contributed by atoms with Crippen LogP contribution < -0.4 is 5.32 Å². The van der Waals surface area contributed by atoms with Crippen LogP contribution in [0, 0.1) is 5.41 Å². The Morgan fingerprint density at radius 3 is 2.88 bits per heavy atom. The lowest BCUT2D eigenvalue weighted by atomic mass is 10.0. The molecule has 1 aromatic heterocycles. The molecule has 0 spiro atoms. The quantitative estimate of drug-likeness (QED) is 0.922. The van der Waals surface area contributed by atoms with Gasteiger partial charge >= 0.3 is 6.03 Å². The molecule has 6 nitrogen and oxygen atoms in total. The fraction of sp³-hybridized carbons (Fsp3) is 0.833. The van der Waals surface area contributed by atoms with Crippen LogP contribution in [0.15, 0.2) is 0 Å². The highest BCUT2D eigenvalue weighted by Gasteiger charge is 2.42. The Kier molecular flexibility index (Phi) is 4.22. The first-order valence-electron chi connectivity index (χ1n) is 9.69. The van der Waals surface area contributed by atoms with Crippen molar-refractivity contribution in [2.24, 2.45) is 5.41 Å². The molecule has 2 amide bonds. The first kappa shape index (κ1) is 15.9. The van der Waals surface area contributed by atoms with Crippen LogP contribution in [0.5, 0.6) is 0 Å². The van der Waals surface area contributed by atoms with Crippen molar-refractivity contribution in [1.29, 1.82) is 0 Å². The number of nitrogens with zero attached hydrogens (tertiary/aromatic N) is 4. The van der Waals surface area contributed by atoms with Crippen molar-refractivity contribution in [3.63, 3.8) is 0 Å². The molecule has 4 rings (SSSR count). The SMILES string of the molecule is CCC1(CNC(=O)N2CCC[C@H]2c2nnc3n2CCCCC3)CC1. The van der Waals surface area contributed by atoms with Crippen LogP contribution in [0.4, 0.5) is 4.79 Å². The average Bonchev–Trinajstić information content (AvgIpc) is 3.14. The second kappa shape index (κ2) is 6.37. The molecule has 0 aromatic carbocycles. The molecule has 3 heterocycles. The van der Waals surface area contributed by atoms with E-state index in [4.69, 9.17) is 0 Å². The lowest BCUT2D eigenvalue weighted by molar-refractivity contribution is 0.187. The number of aromatic nitrogens is 3. The smallest absolute Gasteiger partial charge is 0.318 e. The highest BCUT2D eigenvalue weighted by molar-refractivity contribution is 5.75. The van der Waals surface area contributed by atoms with Crippen LogP contribution >= 0.6 is 0 Å². The van der Waals surface area contributed by atoms with E-state index in [1.165, 1.54) is 32.1 Å². The molecule has 132 valence electrons. The van der Waals surface area contributed by atoms with E-state index in [-0.39, 0.29) is 12.1 Å². The van der Waals surface area contributed by atoms with Gasteiger partial charge in [-0.1, -0.05) is 13.3 Å². The predicted molar refractivity (Wildman–Crippen MR) is 91.6 cm³/mol. The Morgan fingerprint density at radius 2 is 2.08 bits per heavy atom. The molecular formula is C18H29N5O. The Balaban J connectivity index is 1.47. The maximum atomic E-state index is 12.7. The van der Waals surface area contributed by atoms with E-state index in [2.05, 4.69) is 27.0 Å². The molecule has 1 atom stereocenters. The zero-order valence-corrected chi connectivity index (χ0v) is 14.8. The van der Waals surface area contributed by atoms with Crippen molar-refractivity contribution < 1.29 is 4.79 Å². The average molecular weight is 331 g/mol. The maximum absolute atomic E-state index is 12.7. The Morgan fingerprint density at radius 1 is 1.21 bits per heavy atom. The molecule has 1 saturated carbocycles. The summed E-state index contributed by atoms with van der Waals surface area (Å²) in [5.41, 5.74) is 0.386. The minimum absolute atomic E-state index is 0.0863. The molecule has 0 bridgehead atoms. The number of carbonyl (C=O) groups is 1. The standard InChI is InChI=1S/C18H29N5O/c1-2-18(9-10-18)13-19-17(24)22-12-6-7-14(22)16-21-20-15-8-4-3-5-11-23(15)16/h14H,2-13H2,1H3,(H,19,24)/t14-/m0/s1. The molecule has 1 aromatic rings. The number of carbonyl (C=O) groups excluding carboxylic acids is 1. The van der Waals surface area contributed by atoms with Crippen molar-refractivity contribution in [3.05, 3.63) is 11.6 Å². The number of aryl methyl sites for hydroxylation is 1. The lowest BCUT2D eigenvalue weighted by Crippen LogP contribution is -2.42. The molecule has 6 heteroatoms. The number of amides is 2. The molecule has 0 radical (unpaired) electrons. The number of hydrogen-bond donors (Lipinski definition) is 1. The predicted octanol–water partition coefficient (Wildman–Crippen LogP) is 3.04. The zero-order chi connectivity index (χ0) is 16.6. The summed E-state index contributed by atoms with van der Waals surface area (Å²) in [6.45, 7) is 4.88. The van der Waals surface area contributed by atoms with Gasteiger partial charge in [0, 0.05) is 26.1 Å². The van der Waals surface area contributed by atoms with E-state index in [1.807, 2.05) is 4.90 Å². The van der Waals surface area contributed by atoms with E-state index in [0.29, 0.717) is 5.41 Å². The third kappa shape index (κ3) is 2.91. The van der Waals surface area contributed by atoms with E-state index in [1.54, 1.807) is 0 Å². The molecule has 3 aliphatic rings. The van der Waals surface area contributed by atoms with Gasteiger partial charge in [-0.25, -0.2) is 4.79 Å². The van der Waals surface area contributed by atoms with E-state index in [0.717, 1.165) is 57.0 Å². The topological polar surface area (TPSA) is 63.1 Å². The highest BCUT2D eigenvalue weighted by atomic mass is 16.2. The first-order valence-corrected chi connectivity index (χ1v) is 9.69.